The second kappa shape index (κ2) is 6.06. The van der Waals surface area contributed by atoms with Gasteiger partial charge in [-0.05, 0) is 44.5 Å². The van der Waals surface area contributed by atoms with Crippen LogP contribution in [0.15, 0.2) is 24.3 Å². The molecule has 1 unspecified atom stereocenters. The fourth-order valence-electron chi connectivity index (χ4n) is 2.67. The van der Waals surface area contributed by atoms with E-state index >= 15 is 0 Å². The number of nitrogens with zero attached hydrogens (tertiary/aromatic N) is 1. The Morgan fingerprint density at radius 2 is 1.94 bits per heavy atom. The van der Waals surface area contributed by atoms with E-state index < -0.39 is 0 Å². The Morgan fingerprint density at radius 1 is 1.18 bits per heavy atom. The number of hydrogen-bond acceptors (Lipinski definition) is 2. The maximum absolute atomic E-state index is 3.19. The van der Waals surface area contributed by atoms with E-state index in [0.717, 1.165) is 6.54 Å². The minimum absolute atomic E-state index is 0.688. The van der Waals surface area contributed by atoms with Crippen LogP contribution in [0, 0.1) is 0 Å². The lowest BCUT2D eigenvalue weighted by molar-refractivity contribution is 0.616. The van der Waals surface area contributed by atoms with Gasteiger partial charge in [0.15, 0.2) is 0 Å². The first-order valence-electron chi connectivity index (χ1n) is 6.81. The third-order valence-electron chi connectivity index (χ3n) is 3.70. The number of hydrogen-bond donors (Lipinski definition) is 1. The molecule has 2 heteroatoms. The molecule has 2 nitrogen and oxygen atoms in total. The molecule has 0 bridgehead atoms. The molecule has 1 fully saturated rings. The van der Waals surface area contributed by atoms with Crippen molar-refractivity contribution in [2.75, 3.05) is 18.5 Å². The largest absolute Gasteiger partial charge is 0.369 e. The predicted octanol–water partition coefficient (Wildman–Crippen LogP) is 3.17. The lowest BCUT2D eigenvalue weighted by Crippen LogP contribution is -2.32. The van der Waals surface area contributed by atoms with E-state index in [1.165, 1.54) is 43.5 Å². The Morgan fingerprint density at radius 3 is 2.65 bits per heavy atom. The van der Waals surface area contributed by atoms with Crippen LogP contribution in [-0.2, 0) is 6.54 Å². The number of anilines is 1. The van der Waals surface area contributed by atoms with Gasteiger partial charge in [-0.3, -0.25) is 0 Å². The maximum Gasteiger partial charge on any atom is 0.0368 e. The van der Waals surface area contributed by atoms with Crippen molar-refractivity contribution in [3.8, 4) is 0 Å². The van der Waals surface area contributed by atoms with Crippen LogP contribution >= 0.6 is 0 Å². The summed E-state index contributed by atoms with van der Waals surface area (Å²) in [6.07, 6.45) is 5.44. The molecule has 1 heterocycles. The van der Waals surface area contributed by atoms with E-state index in [-0.39, 0.29) is 0 Å². The first-order valence-corrected chi connectivity index (χ1v) is 6.81. The minimum Gasteiger partial charge on any atom is -0.369 e. The number of rotatable bonds is 3. The molecule has 1 N–H and O–H groups in total. The average molecular weight is 232 g/mol. The van der Waals surface area contributed by atoms with Crippen molar-refractivity contribution in [1.29, 1.82) is 0 Å². The molecule has 94 valence electrons. The molecule has 1 aromatic rings. The summed E-state index contributed by atoms with van der Waals surface area (Å²) in [7, 11) is 1.99. The van der Waals surface area contributed by atoms with E-state index in [1.54, 1.807) is 0 Å². The molecule has 1 aliphatic rings. The minimum atomic E-state index is 0.688. The molecular formula is C15H24N2. The van der Waals surface area contributed by atoms with Crippen molar-refractivity contribution in [2.45, 2.75) is 45.2 Å². The smallest absolute Gasteiger partial charge is 0.0368 e. The van der Waals surface area contributed by atoms with Gasteiger partial charge in [0.05, 0.1) is 0 Å². The lowest BCUT2D eigenvalue weighted by Gasteiger charge is -2.29. The van der Waals surface area contributed by atoms with Crippen molar-refractivity contribution in [1.82, 2.24) is 5.32 Å². The molecule has 1 aliphatic heterocycles. The zero-order valence-electron chi connectivity index (χ0n) is 11.1. The molecule has 0 radical (unpaired) electrons. The van der Waals surface area contributed by atoms with Crippen molar-refractivity contribution >= 4 is 5.69 Å². The Labute approximate surface area is 105 Å². The highest BCUT2D eigenvalue weighted by Crippen LogP contribution is 2.24. The summed E-state index contributed by atoms with van der Waals surface area (Å²) in [5, 5.41) is 3.19. The molecule has 0 amide bonds. The quantitative estimate of drug-likeness (QED) is 0.861. The van der Waals surface area contributed by atoms with E-state index in [2.05, 4.69) is 41.4 Å². The molecule has 1 aromatic carbocycles. The third-order valence-corrected chi connectivity index (χ3v) is 3.70. The zero-order valence-corrected chi connectivity index (χ0v) is 11.1. The van der Waals surface area contributed by atoms with Crippen LogP contribution in [0.2, 0.25) is 0 Å². The molecule has 0 aliphatic carbocycles. The van der Waals surface area contributed by atoms with Gasteiger partial charge in [0.1, 0.15) is 0 Å². The molecule has 0 aromatic heterocycles. The average Bonchev–Trinajstić information content (AvgIpc) is 2.56. The van der Waals surface area contributed by atoms with Gasteiger partial charge < -0.3 is 10.2 Å². The summed E-state index contributed by atoms with van der Waals surface area (Å²) in [5.41, 5.74) is 2.75. The highest BCUT2D eigenvalue weighted by atomic mass is 15.2. The van der Waals surface area contributed by atoms with E-state index in [1.807, 2.05) is 7.05 Å². The van der Waals surface area contributed by atoms with E-state index in [9.17, 15) is 0 Å². The molecule has 1 saturated heterocycles. The van der Waals surface area contributed by atoms with Gasteiger partial charge >= 0.3 is 0 Å². The Balaban J connectivity index is 2.09. The van der Waals surface area contributed by atoms with Crippen molar-refractivity contribution < 1.29 is 0 Å². The van der Waals surface area contributed by atoms with Crippen LogP contribution in [0.4, 0.5) is 5.69 Å². The SMILES string of the molecule is CNCc1ccc(N2CCCCCC2C)cc1. The molecule has 0 spiro atoms. The fourth-order valence-corrected chi connectivity index (χ4v) is 2.67. The Hall–Kier alpha value is -1.02. The highest BCUT2D eigenvalue weighted by molar-refractivity contribution is 5.48. The summed E-state index contributed by atoms with van der Waals surface area (Å²) >= 11 is 0. The summed E-state index contributed by atoms with van der Waals surface area (Å²) in [6.45, 7) is 4.52. The van der Waals surface area contributed by atoms with Crippen molar-refractivity contribution in [3.05, 3.63) is 29.8 Å². The van der Waals surface area contributed by atoms with Gasteiger partial charge in [0, 0.05) is 24.8 Å². The summed E-state index contributed by atoms with van der Waals surface area (Å²) in [4.78, 5) is 2.57. The van der Waals surface area contributed by atoms with Gasteiger partial charge in [-0.1, -0.05) is 25.0 Å². The monoisotopic (exact) mass is 232 g/mol. The fraction of sp³-hybridized carbons (Fsp3) is 0.600. The highest BCUT2D eigenvalue weighted by Gasteiger charge is 2.16. The van der Waals surface area contributed by atoms with Crippen LogP contribution in [0.25, 0.3) is 0 Å². The van der Waals surface area contributed by atoms with Gasteiger partial charge in [-0.25, -0.2) is 0 Å². The topological polar surface area (TPSA) is 15.3 Å². The third kappa shape index (κ3) is 3.22. The lowest BCUT2D eigenvalue weighted by atomic mass is 10.1. The molecule has 2 rings (SSSR count). The molecule has 1 atom stereocenters. The Kier molecular flexibility index (Phi) is 4.43. The summed E-state index contributed by atoms with van der Waals surface area (Å²) in [5.74, 6) is 0. The number of nitrogens with one attached hydrogen (secondary N) is 1. The normalized spacial score (nSPS) is 21.3. The van der Waals surface area contributed by atoms with E-state index in [0.29, 0.717) is 6.04 Å². The first kappa shape index (κ1) is 12.4. The Bertz CT molecular complexity index is 331. The van der Waals surface area contributed by atoms with Crippen molar-refractivity contribution in [2.24, 2.45) is 0 Å². The summed E-state index contributed by atoms with van der Waals surface area (Å²) in [6, 6.07) is 9.71. The summed E-state index contributed by atoms with van der Waals surface area (Å²) < 4.78 is 0. The van der Waals surface area contributed by atoms with Gasteiger partial charge in [-0.15, -0.1) is 0 Å². The van der Waals surface area contributed by atoms with Crippen molar-refractivity contribution in [3.63, 3.8) is 0 Å². The zero-order chi connectivity index (χ0) is 12.1. The van der Waals surface area contributed by atoms with E-state index in [4.69, 9.17) is 0 Å². The second-order valence-corrected chi connectivity index (χ2v) is 5.09. The van der Waals surface area contributed by atoms with Crippen LogP contribution < -0.4 is 10.2 Å². The second-order valence-electron chi connectivity index (χ2n) is 5.09. The molecule has 0 saturated carbocycles. The van der Waals surface area contributed by atoms with Crippen LogP contribution in [0.5, 0.6) is 0 Å². The maximum atomic E-state index is 3.19. The molecule has 17 heavy (non-hydrogen) atoms. The first-order chi connectivity index (χ1) is 8.31. The predicted molar refractivity (Wildman–Crippen MR) is 74.5 cm³/mol. The standard InChI is InChI=1S/C15H24N2/c1-13-6-4-3-5-11-17(13)15-9-7-14(8-10-15)12-16-2/h7-10,13,16H,3-6,11-12H2,1-2H3. The van der Waals surface area contributed by atoms with Gasteiger partial charge in [-0.2, -0.15) is 0 Å². The number of benzene rings is 1. The van der Waals surface area contributed by atoms with Gasteiger partial charge in [0.25, 0.3) is 0 Å². The molecular weight excluding hydrogens is 208 g/mol. The van der Waals surface area contributed by atoms with Crippen LogP contribution in [0.3, 0.4) is 0 Å². The van der Waals surface area contributed by atoms with Gasteiger partial charge in [0.2, 0.25) is 0 Å². The van der Waals surface area contributed by atoms with Crippen LogP contribution in [-0.4, -0.2) is 19.6 Å². The van der Waals surface area contributed by atoms with Crippen LogP contribution in [0.1, 0.15) is 38.2 Å².